The number of ether oxygens (including phenoxy) is 2. The van der Waals surface area contributed by atoms with Gasteiger partial charge in [0.05, 0.1) is 25.4 Å². The van der Waals surface area contributed by atoms with Gasteiger partial charge in [-0.2, -0.15) is 0 Å². The number of benzene rings is 1. The Bertz CT molecular complexity index is 712. The Hall–Kier alpha value is -2.41. The van der Waals surface area contributed by atoms with Crippen LogP contribution in [0.25, 0.3) is 0 Å². The van der Waals surface area contributed by atoms with E-state index in [2.05, 4.69) is 10.3 Å². The zero-order chi connectivity index (χ0) is 16.8. The van der Waals surface area contributed by atoms with Gasteiger partial charge < -0.3 is 14.8 Å². The number of methoxy groups -OCH3 is 2. The lowest BCUT2D eigenvalue weighted by Gasteiger charge is -2.09. The third kappa shape index (κ3) is 4.07. The number of hydrogen-bond donors (Lipinski definition) is 1. The van der Waals surface area contributed by atoms with Gasteiger partial charge in [-0.05, 0) is 24.1 Å². The highest BCUT2D eigenvalue weighted by Crippen LogP contribution is 2.21. The average molecular weight is 334 g/mol. The molecule has 23 heavy (non-hydrogen) atoms. The van der Waals surface area contributed by atoms with Gasteiger partial charge in [0, 0.05) is 6.54 Å². The van der Waals surface area contributed by atoms with Gasteiger partial charge in [-0.3, -0.25) is 4.79 Å². The number of aromatic nitrogens is 1. The molecule has 2 rings (SSSR count). The fourth-order valence-corrected chi connectivity index (χ4v) is 2.76. The van der Waals surface area contributed by atoms with Crippen LogP contribution in [0, 0.1) is 0 Å². The van der Waals surface area contributed by atoms with Crippen molar-refractivity contribution in [2.45, 2.75) is 19.9 Å². The molecule has 0 unspecified atom stereocenters. The molecule has 0 saturated heterocycles. The fraction of sp³-hybridized carbons (Fsp3) is 0.312. The largest absolute Gasteiger partial charge is 0.496 e. The second-order valence-corrected chi connectivity index (χ2v) is 5.80. The van der Waals surface area contributed by atoms with Gasteiger partial charge in [-0.25, -0.2) is 9.78 Å². The van der Waals surface area contributed by atoms with Crippen molar-refractivity contribution in [3.8, 4) is 5.75 Å². The van der Waals surface area contributed by atoms with Crippen molar-refractivity contribution in [1.29, 1.82) is 0 Å². The van der Waals surface area contributed by atoms with Crippen LogP contribution in [0.4, 0.5) is 0 Å². The quantitative estimate of drug-likeness (QED) is 0.821. The molecule has 1 heterocycles. The minimum absolute atomic E-state index is 0.183. The van der Waals surface area contributed by atoms with Gasteiger partial charge in [0.25, 0.3) is 5.91 Å². The van der Waals surface area contributed by atoms with E-state index in [-0.39, 0.29) is 5.91 Å². The van der Waals surface area contributed by atoms with Gasteiger partial charge in [0.1, 0.15) is 16.2 Å². The maximum Gasteiger partial charge on any atom is 0.341 e. The summed E-state index contributed by atoms with van der Waals surface area (Å²) in [6.45, 7) is 2.29. The van der Waals surface area contributed by atoms with E-state index < -0.39 is 5.97 Å². The standard InChI is InChI=1S/C16H18N2O4S/c1-4-14-17-9-13(23-14)15(19)18-8-10-5-6-12(21-2)11(7-10)16(20)22-3/h5-7,9H,4,8H2,1-3H3,(H,18,19). The zero-order valence-electron chi connectivity index (χ0n) is 13.2. The number of carbonyl (C=O) groups is 2. The van der Waals surface area contributed by atoms with Crippen molar-refractivity contribution < 1.29 is 19.1 Å². The summed E-state index contributed by atoms with van der Waals surface area (Å²) in [5.41, 5.74) is 1.10. The molecule has 122 valence electrons. The molecule has 0 radical (unpaired) electrons. The molecule has 0 aliphatic carbocycles. The minimum Gasteiger partial charge on any atom is -0.496 e. The van der Waals surface area contributed by atoms with Crippen LogP contribution in [0.1, 0.15) is 37.5 Å². The molecule has 0 aliphatic heterocycles. The molecule has 1 amide bonds. The van der Waals surface area contributed by atoms with Crippen LogP contribution in [-0.2, 0) is 17.7 Å². The summed E-state index contributed by atoms with van der Waals surface area (Å²) in [5.74, 6) is -0.232. The maximum absolute atomic E-state index is 12.1. The Balaban J connectivity index is 2.08. The number of hydrogen-bond acceptors (Lipinski definition) is 6. The van der Waals surface area contributed by atoms with E-state index in [1.165, 1.54) is 25.6 Å². The first-order valence-electron chi connectivity index (χ1n) is 7.07. The van der Waals surface area contributed by atoms with Crippen LogP contribution in [0.2, 0.25) is 0 Å². The molecule has 0 aliphatic rings. The van der Waals surface area contributed by atoms with Crippen LogP contribution in [0.5, 0.6) is 5.75 Å². The van der Waals surface area contributed by atoms with E-state index in [0.29, 0.717) is 22.7 Å². The van der Waals surface area contributed by atoms with E-state index in [4.69, 9.17) is 9.47 Å². The first kappa shape index (κ1) is 17.0. The Morgan fingerprint density at radius 3 is 2.70 bits per heavy atom. The number of rotatable bonds is 6. The van der Waals surface area contributed by atoms with Crippen LogP contribution >= 0.6 is 11.3 Å². The normalized spacial score (nSPS) is 10.2. The minimum atomic E-state index is -0.481. The van der Waals surface area contributed by atoms with Gasteiger partial charge in [-0.15, -0.1) is 11.3 Å². The molecule has 0 spiro atoms. The third-order valence-corrected chi connectivity index (χ3v) is 4.34. The Morgan fingerprint density at radius 1 is 1.30 bits per heavy atom. The summed E-state index contributed by atoms with van der Waals surface area (Å²) in [5, 5.41) is 3.74. The molecule has 2 aromatic rings. The van der Waals surface area contributed by atoms with Crippen molar-refractivity contribution >= 4 is 23.2 Å². The Kier molecular flexibility index (Phi) is 5.70. The van der Waals surface area contributed by atoms with Crippen LogP contribution in [-0.4, -0.2) is 31.1 Å². The lowest BCUT2D eigenvalue weighted by molar-refractivity contribution is 0.0597. The van der Waals surface area contributed by atoms with Gasteiger partial charge in [-0.1, -0.05) is 13.0 Å². The summed E-state index contributed by atoms with van der Waals surface area (Å²) in [6.07, 6.45) is 2.38. The third-order valence-electron chi connectivity index (χ3n) is 3.20. The van der Waals surface area contributed by atoms with E-state index >= 15 is 0 Å². The highest BCUT2D eigenvalue weighted by Gasteiger charge is 2.14. The number of esters is 1. The second-order valence-electron chi connectivity index (χ2n) is 4.68. The smallest absolute Gasteiger partial charge is 0.341 e. The fourth-order valence-electron chi connectivity index (χ4n) is 1.98. The first-order chi connectivity index (χ1) is 11.1. The van der Waals surface area contributed by atoms with Crippen molar-refractivity contribution in [2.75, 3.05) is 14.2 Å². The molecule has 1 aromatic heterocycles. The predicted molar refractivity (Wildman–Crippen MR) is 87.0 cm³/mol. The number of carbonyl (C=O) groups excluding carboxylic acids is 2. The number of aryl methyl sites for hydroxylation is 1. The number of nitrogens with zero attached hydrogens (tertiary/aromatic N) is 1. The van der Waals surface area contributed by atoms with Crippen molar-refractivity contribution in [3.05, 3.63) is 45.4 Å². The lowest BCUT2D eigenvalue weighted by atomic mass is 10.1. The van der Waals surface area contributed by atoms with E-state index in [1.807, 2.05) is 6.92 Å². The molecular weight excluding hydrogens is 316 g/mol. The molecule has 0 saturated carbocycles. The molecule has 1 N–H and O–H groups in total. The van der Waals surface area contributed by atoms with E-state index in [9.17, 15) is 9.59 Å². The molecule has 1 aromatic carbocycles. The summed E-state index contributed by atoms with van der Waals surface area (Å²) in [6, 6.07) is 5.11. The number of thiazole rings is 1. The summed E-state index contributed by atoms with van der Waals surface area (Å²) < 4.78 is 9.87. The van der Waals surface area contributed by atoms with E-state index in [0.717, 1.165) is 17.0 Å². The monoisotopic (exact) mass is 334 g/mol. The van der Waals surface area contributed by atoms with Crippen molar-refractivity contribution in [1.82, 2.24) is 10.3 Å². The number of nitrogens with one attached hydrogen (secondary N) is 1. The number of amides is 1. The van der Waals surface area contributed by atoms with Crippen LogP contribution < -0.4 is 10.1 Å². The zero-order valence-corrected chi connectivity index (χ0v) is 14.0. The van der Waals surface area contributed by atoms with Crippen LogP contribution in [0.15, 0.2) is 24.4 Å². The Labute approximate surface area is 138 Å². The second kappa shape index (κ2) is 7.73. The van der Waals surface area contributed by atoms with E-state index in [1.54, 1.807) is 24.4 Å². The predicted octanol–water partition coefficient (Wildman–Crippen LogP) is 2.43. The van der Waals surface area contributed by atoms with Crippen molar-refractivity contribution in [2.24, 2.45) is 0 Å². The summed E-state index contributed by atoms with van der Waals surface area (Å²) in [7, 11) is 2.80. The maximum atomic E-state index is 12.1. The van der Waals surface area contributed by atoms with Crippen molar-refractivity contribution in [3.63, 3.8) is 0 Å². The molecule has 0 bridgehead atoms. The van der Waals surface area contributed by atoms with Crippen LogP contribution in [0.3, 0.4) is 0 Å². The molecule has 6 nitrogen and oxygen atoms in total. The molecule has 0 fully saturated rings. The topological polar surface area (TPSA) is 77.5 Å². The Morgan fingerprint density at radius 2 is 2.09 bits per heavy atom. The van der Waals surface area contributed by atoms with Gasteiger partial charge >= 0.3 is 5.97 Å². The average Bonchev–Trinajstić information content (AvgIpc) is 3.08. The molecule has 0 atom stereocenters. The lowest BCUT2D eigenvalue weighted by Crippen LogP contribution is -2.22. The van der Waals surface area contributed by atoms with Gasteiger partial charge in [0.2, 0.25) is 0 Å². The SMILES string of the molecule is CCc1ncc(C(=O)NCc2ccc(OC)c(C(=O)OC)c2)s1. The highest BCUT2D eigenvalue weighted by molar-refractivity contribution is 7.13. The molecule has 7 heteroatoms. The summed E-state index contributed by atoms with van der Waals surface area (Å²) in [4.78, 5) is 28.6. The summed E-state index contributed by atoms with van der Waals surface area (Å²) >= 11 is 1.38. The first-order valence-corrected chi connectivity index (χ1v) is 7.88. The van der Waals surface area contributed by atoms with Gasteiger partial charge in [0.15, 0.2) is 0 Å². The molecular formula is C16H18N2O4S. The highest BCUT2D eigenvalue weighted by atomic mass is 32.1.